The van der Waals surface area contributed by atoms with Crippen LogP contribution in [0, 0.1) is 0 Å². The summed E-state index contributed by atoms with van der Waals surface area (Å²) in [6.07, 6.45) is 10.8. The highest BCUT2D eigenvalue weighted by molar-refractivity contribution is 8.02. The number of rotatable bonds is 5. The predicted octanol–water partition coefficient (Wildman–Crippen LogP) is 3.94. The average molecular weight is 180 g/mol. The van der Waals surface area contributed by atoms with Crippen molar-refractivity contribution in [1.82, 2.24) is 0 Å². The Balaban J connectivity index is 4.67. The summed E-state index contributed by atoms with van der Waals surface area (Å²) in [7, 11) is 0. The van der Waals surface area contributed by atoms with E-state index in [0.717, 1.165) is 6.42 Å². The fraction of sp³-hybridized carbons (Fsp3) is 0.273. The number of allylic oxidation sites excluding steroid dienone is 5. The quantitative estimate of drug-likeness (QED) is 0.577. The van der Waals surface area contributed by atoms with Crippen LogP contribution >= 0.6 is 11.8 Å². The molecule has 0 radical (unpaired) electrons. The van der Waals surface area contributed by atoms with Crippen LogP contribution < -0.4 is 0 Å². The number of thioether (sulfide) groups is 1. The third kappa shape index (κ3) is 3.63. The Morgan fingerprint density at radius 3 is 2.42 bits per heavy atom. The lowest BCUT2D eigenvalue weighted by Crippen LogP contribution is -1.79. The first-order valence-corrected chi connectivity index (χ1v) is 5.21. The number of hydrogen-bond donors (Lipinski definition) is 0. The van der Waals surface area contributed by atoms with Gasteiger partial charge in [0.15, 0.2) is 0 Å². The second kappa shape index (κ2) is 6.99. The Labute approximate surface area is 79.8 Å². The van der Waals surface area contributed by atoms with Crippen molar-refractivity contribution in [2.24, 2.45) is 0 Å². The van der Waals surface area contributed by atoms with Crippen molar-refractivity contribution in [2.75, 3.05) is 6.26 Å². The van der Waals surface area contributed by atoms with E-state index < -0.39 is 0 Å². The van der Waals surface area contributed by atoms with Crippen LogP contribution in [0.25, 0.3) is 0 Å². The average Bonchev–Trinajstić information content (AvgIpc) is 2.12. The van der Waals surface area contributed by atoms with Crippen LogP contribution in [-0.2, 0) is 0 Å². The molecule has 0 saturated heterocycles. The monoisotopic (exact) mass is 180 g/mol. The highest BCUT2D eigenvalue weighted by Gasteiger charge is 1.95. The molecule has 66 valence electrons. The van der Waals surface area contributed by atoms with Gasteiger partial charge in [0.2, 0.25) is 0 Å². The summed E-state index contributed by atoms with van der Waals surface area (Å²) in [5, 5.41) is 0. The second-order valence-electron chi connectivity index (χ2n) is 2.25. The van der Waals surface area contributed by atoms with Gasteiger partial charge in [-0.2, -0.15) is 0 Å². The Bertz CT molecular complexity index is 209. The van der Waals surface area contributed by atoms with Gasteiger partial charge in [0.05, 0.1) is 0 Å². The molecule has 0 rings (SSSR count). The molecule has 12 heavy (non-hydrogen) atoms. The van der Waals surface area contributed by atoms with Gasteiger partial charge in [-0.15, -0.1) is 11.8 Å². The van der Waals surface area contributed by atoms with Crippen molar-refractivity contribution in [2.45, 2.75) is 13.3 Å². The van der Waals surface area contributed by atoms with Gasteiger partial charge in [-0.1, -0.05) is 38.3 Å². The van der Waals surface area contributed by atoms with Crippen LogP contribution in [0.1, 0.15) is 13.3 Å². The van der Waals surface area contributed by atoms with Crippen molar-refractivity contribution < 1.29 is 0 Å². The first-order chi connectivity index (χ1) is 5.79. The van der Waals surface area contributed by atoms with Gasteiger partial charge in [0, 0.05) is 4.91 Å². The van der Waals surface area contributed by atoms with Crippen LogP contribution in [0.5, 0.6) is 0 Å². The van der Waals surface area contributed by atoms with Crippen LogP contribution in [0.3, 0.4) is 0 Å². The molecule has 0 aliphatic rings. The molecule has 0 aromatic heterocycles. The van der Waals surface area contributed by atoms with E-state index in [4.69, 9.17) is 0 Å². The van der Waals surface area contributed by atoms with E-state index in [1.807, 2.05) is 12.2 Å². The maximum absolute atomic E-state index is 3.78. The molecule has 0 unspecified atom stereocenters. The topological polar surface area (TPSA) is 0 Å². The van der Waals surface area contributed by atoms with Crippen molar-refractivity contribution in [3.05, 3.63) is 47.9 Å². The van der Waals surface area contributed by atoms with E-state index in [2.05, 4.69) is 32.4 Å². The highest BCUT2D eigenvalue weighted by atomic mass is 32.2. The van der Waals surface area contributed by atoms with Gasteiger partial charge >= 0.3 is 0 Å². The summed E-state index contributed by atoms with van der Waals surface area (Å²) in [5.74, 6) is 0. The first-order valence-electron chi connectivity index (χ1n) is 3.98. The highest BCUT2D eigenvalue weighted by Crippen LogP contribution is 2.21. The van der Waals surface area contributed by atoms with Crippen molar-refractivity contribution in [3.8, 4) is 0 Å². The standard InChI is InChI=1S/C11H16S/c1-5-8-9-11(12-4)10(6-2)7-3/h5-6,8-9H,1-2,7H2,3-4H3/b9-8-,11-10-. The van der Waals surface area contributed by atoms with Gasteiger partial charge in [0.25, 0.3) is 0 Å². The van der Waals surface area contributed by atoms with E-state index in [1.165, 1.54) is 10.5 Å². The fourth-order valence-corrected chi connectivity index (χ4v) is 1.59. The fourth-order valence-electron chi connectivity index (χ4n) is 0.881. The Morgan fingerprint density at radius 1 is 1.42 bits per heavy atom. The van der Waals surface area contributed by atoms with Gasteiger partial charge < -0.3 is 0 Å². The Hall–Kier alpha value is -0.690. The third-order valence-corrected chi connectivity index (χ3v) is 2.39. The van der Waals surface area contributed by atoms with E-state index in [9.17, 15) is 0 Å². The van der Waals surface area contributed by atoms with Gasteiger partial charge in [-0.25, -0.2) is 0 Å². The smallest absolute Gasteiger partial charge is 0.0101 e. The molecule has 0 N–H and O–H groups in total. The summed E-state index contributed by atoms with van der Waals surface area (Å²) < 4.78 is 0. The van der Waals surface area contributed by atoms with Crippen LogP contribution in [0.4, 0.5) is 0 Å². The van der Waals surface area contributed by atoms with Crippen molar-refractivity contribution in [1.29, 1.82) is 0 Å². The SMILES string of the molecule is C=C/C=C\C(SC)=C(/C=C)CC. The minimum Gasteiger partial charge on any atom is -0.129 e. The number of hydrogen-bond acceptors (Lipinski definition) is 1. The van der Waals surface area contributed by atoms with E-state index in [1.54, 1.807) is 17.8 Å². The summed E-state index contributed by atoms with van der Waals surface area (Å²) in [6.45, 7) is 9.55. The normalized spacial score (nSPS) is 12.8. The summed E-state index contributed by atoms with van der Waals surface area (Å²) in [4.78, 5) is 1.27. The van der Waals surface area contributed by atoms with Gasteiger partial charge in [-0.05, 0) is 24.3 Å². The molecule has 0 spiro atoms. The van der Waals surface area contributed by atoms with Crippen molar-refractivity contribution >= 4 is 11.8 Å². The lowest BCUT2D eigenvalue weighted by atomic mass is 10.2. The van der Waals surface area contributed by atoms with Crippen LogP contribution in [0.2, 0.25) is 0 Å². The summed E-state index contributed by atoms with van der Waals surface area (Å²) in [6, 6.07) is 0. The zero-order valence-corrected chi connectivity index (χ0v) is 8.66. The molecule has 0 amide bonds. The summed E-state index contributed by atoms with van der Waals surface area (Å²) in [5.41, 5.74) is 1.29. The largest absolute Gasteiger partial charge is 0.129 e. The molecule has 0 aliphatic heterocycles. The molecule has 0 bridgehead atoms. The molecule has 0 atom stereocenters. The predicted molar refractivity (Wildman–Crippen MR) is 60.4 cm³/mol. The van der Waals surface area contributed by atoms with E-state index in [0.29, 0.717) is 0 Å². The molecule has 0 nitrogen and oxygen atoms in total. The van der Waals surface area contributed by atoms with Crippen molar-refractivity contribution in [3.63, 3.8) is 0 Å². The molecular formula is C11H16S. The lowest BCUT2D eigenvalue weighted by molar-refractivity contribution is 1.15. The zero-order chi connectivity index (χ0) is 9.40. The van der Waals surface area contributed by atoms with E-state index in [-0.39, 0.29) is 0 Å². The maximum atomic E-state index is 3.78. The molecule has 0 fully saturated rings. The zero-order valence-electron chi connectivity index (χ0n) is 7.84. The Kier molecular flexibility index (Phi) is 6.58. The van der Waals surface area contributed by atoms with Gasteiger partial charge in [-0.3, -0.25) is 0 Å². The molecule has 1 heteroatoms. The minimum atomic E-state index is 1.03. The third-order valence-electron chi connectivity index (χ3n) is 1.55. The second-order valence-corrected chi connectivity index (χ2v) is 3.09. The molecule has 0 heterocycles. The minimum absolute atomic E-state index is 1.03. The molecule has 0 saturated carbocycles. The summed E-state index contributed by atoms with van der Waals surface area (Å²) >= 11 is 1.74. The lowest BCUT2D eigenvalue weighted by Gasteiger charge is -2.02. The Morgan fingerprint density at radius 2 is 2.08 bits per heavy atom. The molecular weight excluding hydrogens is 164 g/mol. The molecule has 0 aromatic rings. The molecule has 0 aliphatic carbocycles. The van der Waals surface area contributed by atoms with Crippen LogP contribution in [0.15, 0.2) is 47.9 Å². The van der Waals surface area contributed by atoms with Gasteiger partial charge in [0.1, 0.15) is 0 Å². The van der Waals surface area contributed by atoms with E-state index >= 15 is 0 Å². The molecule has 0 aromatic carbocycles. The maximum Gasteiger partial charge on any atom is 0.0101 e. The van der Waals surface area contributed by atoms with Crippen LogP contribution in [-0.4, -0.2) is 6.26 Å². The first kappa shape index (κ1) is 11.3.